The number of halogens is 6. The maximum Gasteiger partial charge on any atom is 0.453 e. The third-order valence-corrected chi connectivity index (χ3v) is 6.98. The van der Waals surface area contributed by atoms with Gasteiger partial charge >= 0.3 is 18.1 Å². The van der Waals surface area contributed by atoms with E-state index >= 15 is 0 Å². The number of aryl methyl sites for hydroxylation is 1. The Labute approximate surface area is 216 Å². The zero-order chi connectivity index (χ0) is 29.1. The Bertz CT molecular complexity index is 1490. The van der Waals surface area contributed by atoms with E-state index in [1.54, 1.807) is 6.92 Å². The predicted octanol–water partition coefficient (Wildman–Crippen LogP) is 4.00. The van der Waals surface area contributed by atoms with Gasteiger partial charge in [-0.2, -0.15) is 27.1 Å². The monoisotopic (exact) mass is 559 g/mol. The molecule has 0 radical (unpaired) electrons. The van der Waals surface area contributed by atoms with Gasteiger partial charge in [0, 0.05) is 13.0 Å². The quantitative estimate of drug-likeness (QED) is 0.327. The standard InChI is InChI=1S/C23H23F6N7O3/c1-5-39-19(38)20(2,3)21(4)12-14(30)32-16(33-15(12)34-18(21)37)13-11-8-10(24)9-31-17(11)36(35-13)7-6-22(25,26)23(27,28)29/h8-9H,5-7H2,1-4H3,(H3,30,32,33,34,37). The molecule has 4 heterocycles. The number of carbonyl (C=O) groups excluding carboxylic acids is 2. The Kier molecular flexibility index (Phi) is 6.51. The molecule has 0 aliphatic carbocycles. The van der Waals surface area contributed by atoms with Crippen molar-refractivity contribution < 1.29 is 40.7 Å². The van der Waals surface area contributed by atoms with Crippen molar-refractivity contribution in [1.82, 2.24) is 24.7 Å². The molecule has 3 N–H and O–H groups in total. The van der Waals surface area contributed by atoms with Crippen LogP contribution in [0, 0.1) is 11.2 Å². The number of pyridine rings is 1. The summed E-state index contributed by atoms with van der Waals surface area (Å²) in [6, 6.07) is 0.933. The molecule has 4 rings (SSSR count). The second-order valence-electron chi connectivity index (χ2n) is 9.63. The number of alkyl halides is 5. The van der Waals surface area contributed by atoms with E-state index in [4.69, 9.17) is 10.5 Å². The van der Waals surface area contributed by atoms with Gasteiger partial charge in [0.2, 0.25) is 5.91 Å². The molecular weight excluding hydrogens is 536 g/mol. The highest BCUT2D eigenvalue weighted by Gasteiger charge is 2.60. The number of anilines is 2. The Morgan fingerprint density at radius 1 is 1.21 bits per heavy atom. The molecule has 10 nitrogen and oxygen atoms in total. The van der Waals surface area contributed by atoms with Crippen LogP contribution < -0.4 is 11.1 Å². The molecule has 1 amide bonds. The van der Waals surface area contributed by atoms with E-state index in [0.717, 1.165) is 16.9 Å². The van der Waals surface area contributed by atoms with Gasteiger partial charge in [-0.15, -0.1) is 0 Å². The molecule has 16 heteroatoms. The number of ether oxygens (including phenoxy) is 1. The van der Waals surface area contributed by atoms with Crippen molar-refractivity contribution in [2.24, 2.45) is 5.41 Å². The molecule has 0 bridgehead atoms. The molecular formula is C23H23F6N7O3. The molecule has 39 heavy (non-hydrogen) atoms. The van der Waals surface area contributed by atoms with Gasteiger partial charge in [-0.25, -0.2) is 24.0 Å². The number of amides is 1. The summed E-state index contributed by atoms with van der Waals surface area (Å²) < 4.78 is 85.1. The normalized spacial score (nSPS) is 17.8. The molecule has 3 aromatic heterocycles. The molecule has 0 saturated carbocycles. The van der Waals surface area contributed by atoms with E-state index in [1.165, 1.54) is 20.8 Å². The van der Waals surface area contributed by atoms with Crippen LogP contribution >= 0.6 is 0 Å². The SMILES string of the molecule is CCOC(=O)C(C)(C)C1(C)C(=O)Nc2nc(-c3nn(CCC(F)(F)C(F)(F)F)c4ncc(F)cc34)nc(N)c21. The van der Waals surface area contributed by atoms with Gasteiger partial charge in [0.15, 0.2) is 11.5 Å². The summed E-state index contributed by atoms with van der Waals surface area (Å²) in [7, 11) is 0. The zero-order valence-corrected chi connectivity index (χ0v) is 21.1. The van der Waals surface area contributed by atoms with Crippen molar-refractivity contribution in [3.63, 3.8) is 0 Å². The maximum absolute atomic E-state index is 14.1. The smallest absolute Gasteiger partial charge is 0.453 e. The number of nitrogen functional groups attached to an aromatic ring is 1. The molecule has 1 atom stereocenters. The molecule has 0 saturated heterocycles. The lowest BCUT2D eigenvalue weighted by molar-refractivity contribution is -0.285. The number of fused-ring (bicyclic) bond motifs is 2. The fourth-order valence-electron chi connectivity index (χ4n) is 4.37. The summed E-state index contributed by atoms with van der Waals surface area (Å²) in [5.74, 6) is -7.80. The van der Waals surface area contributed by atoms with Crippen LogP contribution in [-0.4, -0.2) is 55.3 Å². The molecule has 1 aliphatic rings. The summed E-state index contributed by atoms with van der Waals surface area (Å²) >= 11 is 0. The van der Waals surface area contributed by atoms with Crippen molar-refractivity contribution in [3.05, 3.63) is 23.6 Å². The van der Waals surface area contributed by atoms with E-state index in [-0.39, 0.29) is 46.4 Å². The maximum atomic E-state index is 14.1. The minimum Gasteiger partial charge on any atom is -0.466 e. The molecule has 3 aromatic rings. The van der Waals surface area contributed by atoms with Gasteiger partial charge < -0.3 is 15.8 Å². The van der Waals surface area contributed by atoms with Crippen LogP contribution in [-0.2, 0) is 26.3 Å². The number of rotatable bonds is 7. The van der Waals surface area contributed by atoms with E-state index < -0.39 is 53.6 Å². The van der Waals surface area contributed by atoms with Crippen LogP contribution in [0.4, 0.5) is 38.0 Å². The molecule has 0 spiro atoms. The van der Waals surface area contributed by atoms with Crippen LogP contribution in [0.3, 0.4) is 0 Å². The van der Waals surface area contributed by atoms with Gasteiger partial charge in [0.1, 0.15) is 23.1 Å². The van der Waals surface area contributed by atoms with Crippen LogP contribution in [0.1, 0.15) is 39.7 Å². The highest BCUT2D eigenvalue weighted by Crippen LogP contribution is 2.51. The number of aromatic nitrogens is 5. The van der Waals surface area contributed by atoms with Gasteiger partial charge in [-0.1, -0.05) is 0 Å². The average Bonchev–Trinajstić information content (AvgIpc) is 3.32. The first kappa shape index (κ1) is 28.0. The predicted molar refractivity (Wildman–Crippen MR) is 125 cm³/mol. The van der Waals surface area contributed by atoms with Crippen molar-refractivity contribution in [2.45, 2.75) is 58.2 Å². The van der Waals surface area contributed by atoms with E-state index in [9.17, 15) is 35.9 Å². The van der Waals surface area contributed by atoms with Crippen molar-refractivity contribution >= 4 is 34.5 Å². The molecule has 0 aromatic carbocycles. The Morgan fingerprint density at radius 3 is 2.49 bits per heavy atom. The second-order valence-corrected chi connectivity index (χ2v) is 9.63. The summed E-state index contributed by atoms with van der Waals surface area (Å²) in [6.07, 6.45) is -6.69. The Balaban J connectivity index is 1.83. The molecule has 1 aliphatic heterocycles. The summed E-state index contributed by atoms with van der Waals surface area (Å²) in [5.41, 5.74) is 2.88. The van der Waals surface area contributed by atoms with Gasteiger partial charge in [0.05, 0.1) is 34.6 Å². The fraction of sp³-hybridized carbons (Fsp3) is 0.478. The van der Waals surface area contributed by atoms with Crippen LogP contribution in [0.5, 0.6) is 0 Å². The minimum absolute atomic E-state index is 0.0625. The molecule has 0 fully saturated rings. The lowest BCUT2D eigenvalue weighted by Crippen LogP contribution is -2.50. The van der Waals surface area contributed by atoms with E-state index in [1.807, 2.05) is 0 Å². The number of nitrogens with two attached hydrogens (primary N) is 1. The van der Waals surface area contributed by atoms with Crippen LogP contribution in [0.15, 0.2) is 12.3 Å². The fourth-order valence-corrected chi connectivity index (χ4v) is 4.37. The Morgan fingerprint density at radius 2 is 1.87 bits per heavy atom. The third-order valence-electron chi connectivity index (χ3n) is 6.98. The summed E-state index contributed by atoms with van der Waals surface area (Å²) in [6.45, 7) is 5.20. The summed E-state index contributed by atoms with van der Waals surface area (Å²) in [4.78, 5) is 38.1. The van der Waals surface area contributed by atoms with Gasteiger partial charge in [-0.3, -0.25) is 9.59 Å². The lowest BCUT2D eigenvalue weighted by Gasteiger charge is -2.37. The van der Waals surface area contributed by atoms with E-state index in [2.05, 4.69) is 25.4 Å². The van der Waals surface area contributed by atoms with Crippen molar-refractivity contribution in [3.8, 4) is 11.5 Å². The summed E-state index contributed by atoms with van der Waals surface area (Å²) in [5, 5.41) is 6.48. The average molecular weight is 559 g/mol. The molecule has 210 valence electrons. The third kappa shape index (κ3) is 4.30. The first-order chi connectivity index (χ1) is 18.0. The zero-order valence-electron chi connectivity index (χ0n) is 21.1. The number of nitrogens with one attached hydrogen (secondary N) is 1. The number of esters is 1. The second kappa shape index (κ2) is 9.05. The van der Waals surface area contributed by atoms with Gasteiger partial charge in [-0.05, 0) is 33.8 Å². The van der Waals surface area contributed by atoms with Crippen molar-refractivity contribution in [1.29, 1.82) is 0 Å². The first-order valence-electron chi connectivity index (χ1n) is 11.6. The number of nitrogens with zero attached hydrogens (tertiary/aromatic N) is 5. The highest BCUT2D eigenvalue weighted by atomic mass is 19.4. The van der Waals surface area contributed by atoms with Gasteiger partial charge in [0.25, 0.3) is 0 Å². The first-order valence-corrected chi connectivity index (χ1v) is 11.6. The largest absolute Gasteiger partial charge is 0.466 e. The number of carbonyl (C=O) groups is 2. The number of hydrogen-bond donors (Lipinski definition) is 2. The topological polar surface area (TPSA) is 138 Å². The highest BCUT2D eigenvalue weighted by molar-refractivity contribution is 6.10. The van der Waals surface area contributed by atoms with Crippen LogP contribution in [0.25, 0.3) is 22.6 Å². The minimum atomic E-state index is -5.78. The lowest BCUT2D eigenvalue weighted by atomic mass is 9.63. The Hall–Kier alpha value is -3.98. The molecule has 1 unspecified atom stereocenters. The van der Waals surface area contributed by atoms with Crippen molar-refractivity contribution in [2.75, 3.05) is 17.7 Å². The van der Waals surface area contributed by atoms with E-state index in [0.29, 0.717) is 0 Å². The number of hydrogen-bond acceptors (Lipinski definition) is 8. The van der Waals surface area contributed by atoms with Crippen LogP contribution in [0.2, 0.25) is 0 Å².